The number of anilines is 3. The van der Waals surface area contributed by atoms with Gasteiger partial charge in [0, 0.05) is 62.0 Å². The first kappa shape index (κ1) is 27.9. The summed E-state index contributed by atoms with van der Waals surface area (Å²) in [5.74, 6) is 0.602. The Morgan fingerprint density at radius 1 is 1.29 bits per heavy atom. The summed E-state index contributed by atoms with van der Waals surface area (Å²) >= 11 is 0. The molecule has 3 N–H and O–H groups in total. The maximum absolute atomic E-state index is 13.9. The Kier molecular flexibility index (Phi) is 8.04. The molecular formula is C24H32F3N7O3S. The number of aromatic nitrogens is 2. The van der Waals surface area contributed by atoms with Crippen LogP contribution in [0.25, 0.3) is 0 Å². The lowest BCUT2D eigenvalue weighted by molar-refractivity contribution is -0.138. The minimum atomic E-state index is -4.58. The summed E-state index contributed by atoms with van der Waals surface area (Å²) in [5.41, 5.74) is 6.99. The zero-order chi connectivity index (χ0) is 27.7. The number of sulfone groups is 1. The van der Waals surface area contributed by atoms with Crippen LogP contribution in [0.5, 0.6) is 0 Å². The van der Waals surface area contributed by atoms with Crippen LogP contribution >= 0.6 is 0 Å². The Morgan fingerprint density at radius 3 is 2.58 bits per heavy atom. The second kappa shape index (κ2) is 10.9. The molecule has 0 radical (unpaired) electrons. The number of allylic oxidation sites excluding steroid dienone is 1. The molecule has 0 saturated carbocycles. The molecule has 2 aromatic rings. The van der Waals surface area contributed by atoms with Crippen LogP contribution in [-0.2, 0) is 34.0 Å². The van der Waals surface area contributed by atoms with Gasteiger partial charge in [-0.1, -0.05) is 12.6 Å². The molecule has 0 unspecified atom stereocenters. The van der Waals surface area contributed by atoms with Gasteiger partial charge in [-0.2, -0.15) is 18.3 Å². The minimum Gasteiger partial charge on any atom is -0.396 e. The van der Waals surface area contributed by atoms with E-state index in [4.69, 9.17) is 10.5 Å². The minimum absolute atomic E-state index is 0.0191. The van der Waals surface area contributed by atoms with Crippen LogP contribution in [0.15, 0.2) is 41.5 Å². The molecule has 208 valence electrons. The lowest BCUT2D eigenvalue weighted by Gasteiger charge is -2.38. The SMILES string of the molecule is C=C(C)N=c1c(N)cc(N2CCOCC2)nn1CNc1cccc(C(F)(F)F)c1CN1CC(S(C)(=O)=O)C1. The van der Waals surface area contributed by atoms with Crippen molar-refractivity contribution in [3.63, 3.8) is 0 Å². The molecule has 2 saturated heterocycles. The number of nitrogen functional groups attached to an aromatic ring is 1. The van der Waals surface area contributed by atoms with E-state index in [1.807, 2.05) is 4.90 Å². The van der Waals surface area contributed by atoms with Crippen LogP contribution in [0.1, 0.15) is 18.1 Å². The van der Waals surface area contributed by atoms with Crippen LogP contribution < -0.4 is 21.4 Å². The molecule has 38 heavy (non-hydrogen) atoms. The first-order valence-corrected chi connectivity index (χ1v) is 14.0. The molecule has 0 aliphatic carbocycles. The van der Waals surface area contributed by atoms with Gasteiger partial charge in [0.15, 0.2) is 21.1 Å². The first-order valence-electron chi connectivity index (χ1n) is 12.1. The molecule has 2 aliphatic rings. The van der Waals surface area contributed by atoms with E-state index in [0.717, 1.165) is 12.3 Å². The number of nitrogens with one attached hydrogen (secondary N) is 1. The van der Waals surface area contributed by atoms with Gasteiger partial charge in [0.2, 0.25) is 0 Å². The molecule has 1 aromatic heterocycles. The van der Waals surface area contributed by atoms with E-state index >= 15 is 0 Å². The summed E-state index contributed by atoms with van der Waals surface area (Å²) in [6.45, 7) is 8.13. The fraction of sp³-hybridized carbons (Fsp3) is 0.500. The van der Waals surface area contributed by atoms with Gasteiger partial charge in [-0.05, 0) is 19.1 Å². The van der Waals surface area contributed by atoms with E-state index in [0.29, 0.717) is 49.0 Å². The van der Waals surface area contributed by atoms with Gasteiger partial charge in [-0.3, -0.25) is 4.90 Å². The van der Waals surface area contributed by atoms with Crippen LogP contribution in [0.2, 0.25) is 0 Å². The van der Waals surface area contributed by atoms with Crippen LogP contribution in [0.3, 0.4) is 0 Å². The molecule has 3 heterocycles. The third-order valence-electron chi connectivity index (χ3n) is 6.45. The van der Waals surface area contributed by atoms with Crippen molar-refractivity contribution in [2.24, 2.45) is 4.99 Å². The number of nitrogens with zero attached hydrogens (tertiary/aromatic N) is 5. The predicted octanol–water partition coefficient (Wildman–Crippen LogP) is 2.05. The van der Waals surface area contributed by atoms with Crippen molar-refractivity contribution in [2.45, 2.75) is 31.6 Å². The van der Waals surface area contributed by atoms with Crippen molar-refractivity contribution in [2.75, 3.05) is 61.6 Å². The van der Waals surface area contributed by atoms with E-state index in [-0.39, 0.29) is 37.6 Å². The van der Waals surface area contributed by atoms with E-state index in [9.17, 15) is 21.6 Å². The quantitative estimate of drug-likeness (QED) is 0.508. The molecule has 2 aliphatic heterocycles. The molecule has 14 heteroatoms. The number of morpholine rings is 1. The van der Waals surface area contributed by atoms with E-state index in [1.54, 1.807) is 24.0 Å². The van der Waals surface area contributed by atoms with Crippen LogP contribution in [0, 0.1) is 0 Å². The Balaban J connectivity index is 1.65. The number of hydrogen-bond acceptors (Lipinski definition) is 9. The van der Waals surface area contributed by atoms with Crippen molar-refractivity contribution in [3.05, 3.63) is 53.2 Å². The maximum atomic E-state index is 13.9. The number of rotatable bonds is 8. The highest BCUT2D eigenvalue weighted by molar-refractivity contribution is 7.91. The number of halogens is 3. The topological polar surface area (TPSA) is 118 Å². The number of ether oxygens (including phenoxy) is 1. The lowest BCUT2D eigenvalue weighted by atomic mass is 10.0. The van der Waals surface area contributed by atoms with Gasteiger partial charge in [0.05, 0.1) is 29.7 Å². The van der Waals surface area contributed by atoms with Gasteiger partial charge in [-0.15, -0.1) is 0 Å². The van der Waals surface area contributed by atoms with Gasteiger partial charge < -0.3 is 20.7 Å². The molecule has 0 spiro atoms. The van der Waals surface area contributed by atoms with E-state index in [2.05, 4.69) is 22.0 Å². The predicted molar refractivity (Wildman–Crippen MR) is 139 cm³/mol. The second-order valence-corrected chi connectivity index (χ2v) is 11.9. The Hall–Kier alpha value is -3.10. The fourth-order valence-electron chi connectivity index (χ4n) is 4.41. The van der Waals surface area contributed by atoms with E-state index in [1.165, 1.54) is 10.7 Å². The molecule has 0 amide bonds. The average molecular weight is 556 g/mol. The Bertz CT molecular complexity index is 1360. The highest BCUT2D eigenvalue weighted by Gasteiger charge is 2.38. The van der Waals surface area contributed by atoms with Gasteiger partial charge in [-0.25, -0.2) is 18.1 Å². The lowest BCUT2D eigenvalue weighted by Crippen LogP contribution is -2.53. The fourth-order valence-corrected chi connectivity index (χ4v) is 5.37. The molecule has 2 fully saturated rings. The van der Waals surface area contributed by atoms with Crippen molar-refractivity contribution in [3.8, 4) is 0 Å². The molecule has 0 atom stereocenters. The van der Waals surface area contributed by atoms with Crippen LogP contribution in [-0.4, -0.2) is 74.0 Å². The third-order valence-corrected chi connectivity index (χ3v) is 7.96. The van der Waals surface area contributed by atoms with Crippen molar-refractivity contribution in [1.29, 1.82) is 0 Å². The number of nitrogens with two attached hydrogens (primary N) is 1. The van der Waals surface area contributed by atoms with Crippen molar-refractivity contribution < 1.29 is 26.3 Å². The monoisotopic (exact) mass is 555 g/mol. The number of benzene rings is 1. The smallest absolute Gasteiger partial charge is 0.396 e. The molecule has 0 bridgehead atoms. The summed E-state index contributed by atoms with van der Waals surface area (Å²) in [5, 5.41) is 7.16. The summed E-state index contributed by atoms with van der Waals surface area (Å²) in [6, 6.07) is 5.63. The maximum Gasteiger partial charge on any atom is 0.416 e. The zero-order valence-corrected chi connectivity index (χ0v) is 22.1. The summed E-state index contributed by atoms with van der Waals surface area (Å²) in [6.07, 6.45) is -3.44. The first-order chi connectivity index (χ1) is 17.8. The number of alkyl halides is 3. The van der Waals surface area contributed by atoms with Crippen LogP contribution in [0.4, 0.5) is 30.4 Å². The third kappa shape index (κ3) is 6.48. The standard InChI is InChI=1S/C24H32F3N7O3S/c1-16(2)30-23-20(28)11-22(33-7-9-37-10-8-33)31-34(23)15-29-21-6-4-5-19(24(25,26)27)18(21)14-32-12-17(13-32)38(3,35)36/h4-6,11,17,29H,1,7-10,12-15,28H2,2-3H3. The second-order valence-electron chi connectivity index (χ2n) is 9.54. The summed E-state index contributed by atoms with van der Waals surface area (Å²) < 4.78 is 72.3. The van der Waals surface area contributed by atoms with Gasteiger partial charge >= 0.3 is 6.18 Å². The molecule has 4 rings (SSSR count). The molecule has 1 aromatic carbocycles. The normalized spacial score (nSPS) is 17.9. The summed E-state index contributed by atoms with van der Waals surface area (Å²) in [4.78, 5) is 8.09. The highest BCUT2D eigenvalue weighted by atomic mass is 32.2. The molecule has 10 nitrogen and oxygen atoms in total. The van der Waals surface area contributed by atoms with E-state index < -0.39 is 26.8 Å². The Labute approximate surface area is 219 Å². The van der Waals surface area contributed by atoms with Gasteiger partial charge in [0.1, 0.15) is 6.67 Å². The largest absolute Gasteiger partial charge is 0.416 e. The van der Waals surface area contributed by atoms with Crippen molar-refractivity contribution >= 4 is 27.0 Å². The number of likely N-dealkylation sites (tertiary alicyclic amines) is 1. The zero-order valence-electron chi connectivity index (χ0n) is 21.3. The molecular weight excluding hydrogens is 523 g/mol. The number of hydrogen-bond donors (Lipinski definition) is 2. The Morgan fingerprint density at radius 2 is 1.97 bits per heavy atom. The summed E-state index contributed by atoms with van der Waals surface area (Å²) in [7, 11) is -3.25. The van der Waals surface area contributed by atoms with Gasteiger partial charge in [0.25, 0.3) is 0 Å². The average Bonchev–Trinajstić information content (AvgIpc) is 2.80. The van der Waals surface area contributed by atoms with Crippen molar-refractivity contribution in [1.82, 2.24) is 14.7 Å². The highest BCUT2D eigenvalue weighted by Crippen LogP contribution is 2.36.